The largest absolute Gasteiger partial charge is 0.493 e. The summed E-state index contributed by atoms with van der Waals surface area (Å²) < 4.78 is 39.6. The number of fused-ring (bicyclic) bond motifs is 1. The van der Waals surface area contributed by atoms with E-state index in [1.54, 1.807) is 38.5 Å². The Morgan fingerprint density at radius 2 is 1.46 bits per heavy atom. The zero-order valence-electron chi connectivity index (χ0n) is 21.8. The van der Waals surface area contributed by atoms with Gasteiger partial charge in [-0.3, -0.25) is 0 Å². The normalized spacial score (nSPS) is 35.9. The second kappa shape index (κ2) is 11.1. The van der Waals surface area contributed by atoms with E-state index in [-0.39, 0.29) is 30.6 Å². The molecule has 3 saturated heterocycles. The quantitative estimate of drug-likeness (QED) is 0.301. The summed E-state index contributed by atoms with van der Waals surface area (Å²) in [6.45, 7) is -0.273. The summed E-state index contributed by atoms with van der Waals surface area (Å²) in [4.78, 5) is 0. The molecule has 0 unspecified atom stereocenters. The second-order valence-corrected chi connectivity index (χ2v) is 9.88. The number of rotatable bonds is 8. The Kier molecular flexibility index (Phi) is 7.91. The van der Waals surface area contributed by atoms with Gasteiger partial charge in [0.05, 0.1) is 47.3 Å². The summed E-state index contributed by atoms with van der Waals surface area (Å²) in [6.07, 6.45) is -8.28. The Morgan fingerprint density at radius 1 is 0.821 bits per heavy atom. The van der Waals surface area contributed by atoms with Gasteiger partial charge in [0, 0.05) is 5.92 Å². The molecule has 0 radical (unpaired) electrons. The van der Waals surface area contributed by atoms with E-state index >= 15 is 0 Å². The van der Waals surface area contributed by atoms with Crippen molar-refractivity contribution in [2.24, 2.45) is 5.92 Å². The van der Waals surface area contributed by atoms with Gasteiger partial charge in [-0.25, -0.2) is 0 Å². The number of ether oxygens (including phenoxy) is 7. The lowest BCUT2D eigenvalue weighted by molar-refractivity contribution is -0.277. The predicted octanol–water partition coefficient (Wildman–Crippen LogP) is 0.0812. The van der Waals surface area contributed by atoms with E-state index in [1.165, 1.54) is 7.11 Å². The van der Waals surface area contributed by atoms with Crippen molar-refractivity contribution in [1.29, 1.82) is 0 Å². The molecule has 0 aromatic heterocycles. The minimum atomic E-state index is -1.58. The van der Waals surface area contributed by atoms with Gasteiger partial charge in [0.15, 0.2) is 23.0 Å². The zero-order chi connectivity index (χ0) is 27.9. The van der Waals surface area contributed by atoms with Crippen LogP contribution >= 0.6 is 0 Å². The van der Waals surface area contributed by atoms with Crippen LogP contribution in [-0.2, 0) is 14.2 Å². The molecule has 12 heteroatoms. The molecule has 214 valence electrons. The lowest BCUT2D eigenvalue weighted by atomic mass is 9.81. The average molecular weight is 551 g/mol. The molecule has 0 amide bonds. The molecule has 3 heterocycles. The van der Waals surface area contributed by atoms with Crippen LogP contribution in [0.1, 0.15) is 23.3 Å². The highest BCUT2D eigenvalue weighted by Gasteiger charge is 2.59. The van der Waals surface area contributed by atoms with E-state index in [4.69, 9.17) is 33.2 Å². The molecule has 39 heavy (non-hydrogen) atoms. The summed E-state index contributed by atoms with van der Waals surface area (Å²) >= 11 is 0. The SMILES string of the molecule is COc1ccc([C@H]2OC[C@]3(O)[C@@H](c4ccc(O[C@@H]5O[C@H](CO)[C@@H](O)[C@H](O)[C@H]5O)c(OC)c4)OC[C@H]23)cc1OC. The lowest BCUT2D eigenvalue weighted by Crippen LogP contribution is -2.60. The van der Waals surface area contributed by atoms with Crippen LogP contribution in [0.25, 0.3) is 0 Å². The molecule has 12 nitrogen and oxygen atoms in total. The molecule has 0 aliphatic carbocycles. The Bertz CT molecular complexity index is 1160. The van der Waals surface area contributed by atoms with E-state index in [1.807, 2.05) is 12.1 Å². The summed E-state index contributed by atoms with van der Waals surface area (Å²) in [5.41, 5.74) is 0.135. The Hall–Kier alpha value is -2.68. The van der Waals surface area contributed by atoms with Crippen LogP contribution in [0.3, 0.4) is 0 Å². The van der Waals surface area contributed by atoms with Gasteiger partial charge in [0.25, 0.3) is 0 Å². The third kappa shape index (κ3) is 4.81. The average Bonchev–Trinajstić information content (AvgIpc) is 3.47. The van der Waals surface area contributed by atoms with E-state index < -0.39 is 55.1 Å². The highest BCUT2D eigenvalue weighted by molar-refractivity contribution is 5.46. The molecule has 5 N–H and O–H groups in total. The monoisotopic (exact) mass is 550 g/mol. The van der Waals surface area contributed by atoms with Crippen LogP contribution in [0.2, 0.25) is 0 Å². The maximum Gasteiger partial charge on any atom is 0.229 e. The Labute approximate surface area is 225 Å². The van der Waals surface area contributed by atoms with Gasteiger partial charge in [-0.05, 0) is 35.4 Å². The molecule has 0 bridgehead atoms. The standard InChI is InChI=1S/C27H34O12/c1-33-16-6-4-13(8-18(16)34-2)24-15-11-36-25(27(15,32)12-37-24)14-5-7-17(19(9-14)35-3)38-26-23(31)22(30)21(29)20(10-28)39-26/h4-9,15,20-26,28-32H,10-12H2,1-3H3/t15-,20-,21-,22+,23-,24-,25-,26-,27-/m1/s1. The van der Waals surface area contributed by atoms with Gasteiger partial charge in [-0.15, -0.1) is 0 Å². The number of benzene rings is 2. The summed E-state index contributed by atoms with van der Waals surface area (Å²) in [6, 6.07) is 10.4. The first-order valence-electron chi connectivity index (χ1n) is 12.6. The third-order valence-corrected chi connectivity index (χ3v) is 7.72. The van der Waals surface area contributed by atoms with Gasteiger partial charge in [-0.2, -0.15) is 0 Å². The van der Waals surface area contributed by atoms with Crippen LogP contribution in [0.5, 0.6) is 23.0 Å². The first kappa shape index (κ1) is 27.9. The molecule has 9 atom stereocenters. The van der Waals surface area contributed by atoms with Crippen molar-refractivity contribution in [3.05, 3.63) is 47.5 Å². The molecule has 0 saturated carbocycles. The maximum atomic E-state index is 11.7. The van der Waals surface area contributed by atoms with Gasteiger partial charge in [0.2, 0.25) is 6.29 Å². The number of hydrogen-bond acceptors (Lipinski definition) is 12. The number of aliphatic hydroxyl groups excluding tert-OH is 4. The van der Waals surface area contributed by atoms with Gasteiger partial charge in [-0.1, -0.05) is 12.1 Å². The van der Waals surface area contributed by atoms with Crippen LogP contribution in [-0.4, -0.2) is 103 Å². The van der Waals surface area contributed by atoms with Crippen molar-refractivity contribution in [2.45, 2.75) is 48.5 Å². The van der Waals surface area contributed by atoms with Crippen LogP contribution in [0, 0.1) is 5.92 Å². The molecule has 0 spiro atoms. The van der Waals surface area contributed by atoms with Crippen LogP contribution in [0.15, 0.2) is 36.4 Å². The van der Waals surface area contributed by atoms with Crippen molar-refractivity contribution in [3.63, 3.8) is 0 Å². The summed E-state index contributed by atoms with van der Waals surface area (Å²) in [5.74, 6) is 1.24. The summed E-state index contributed by atoms with van der Waals surface area (Å²) in [7, 11) is 4.55. The number of aliphatic hydroxyl groups is 5. The molecule has 2 aromatic rings. The van der Waals surface area contributed by atoms with Gasteiger partial charge >= 0.3 is 0 Å². The number of methoxy groups -OCH3 is 3. The smallest absolute Gasteiger partial charge is 0.229 e. The maximum absolute atomic E-state index is 11.7. The Balaban J connectivity index is 1.35. The van der Waals surface area contributed by atoms with Crippen molar-refractivity contribution in [2.75, 3.05) is 41.2 Å². The summed E-state index contributed by atoms with van der Waals surface area (Å²) in [5, 5.41) is 51.6. The molecular weight excluding hydrogens is 516 g/mol. The minimum absolute atomic E-state index is 0.0484. The fourth-order valence-corrected chi connectivity index (χ4v) is 5.53. The minimum Gasteiger partial charge on any atom is -0.493 e. The first-order chi connectivity index (χ1) is 18.7. The molecule has 5 rings (SSSR count). The second-order valence-electron chi connectivity index (χ2n) is 9.88. The molecule has 3 fully saturated rings. The zero-order valence-corrected chi connectivity index (χ0v) is 21.8. The van der Waals surface area contributed by atoms with Gasteiger partial charge in [0.1, 0.15) is 36.1 Å². The van der Waals surface area contributed by atoms with Crippen LogP contribution in [0.4, 0.5) is 0 Å². The van der Waals surface area contributed by atoms with E-state index in [9.17, 15) is 25.5 Å². The first-order valence-corrected chi connectivity index (χ1v) is 12.6. The number of hydrogen-bond donors (Lipinski definition) is 5. The van der Waals surface area contributed by atoms with Gasteiger partial charge < -0.3 is 58.7 Å². The highest BCUT2D eigenvalue weighted by atomic mass is 16.7. The molecule has 3 aliphatic heterocycles. The predicted molar refractivity (Wildman–Crippen MR) is 133 cm³/mol. The van der Waals surface area contributed by atoms with E-state index in [2.05, 4.69) is 0 Å². The van der Waals surface area contributed by atoms with Crippen molar-refractivity contribution in [1.82, 2.24) is 0 Å². The van der Waals surface area contributed by atoms with Crippen molar-refractivity contribution >= 4 is 0 Å². The van der Waals surface area contributed by atoms with Crippen molar-refractivity contribution in [3.8, 4) is 23.0 Å². The van der Waals surface area contributed by atoms with Crippen molar-refractivity contribution < 1.29 is 58.7 Å². The van der Waals surface area contributed by atoms with E-state index in [0.717, 1.165) is 5.56 Å². The van der Waals surface area contributed by atoms with E-state index in [0.29, 0.717) is 17.1 Å². The molecule has 2 aromatic carbocycles. The fraction of sp³-hybridized carbons (Fsp3) is 0.556. The molecular formula is C27H34O12. The van der Waals surface area contributed by atoms with Crippen LogP contribution < -0.4 is 18.9 Å². The lowest BCUT2D eigenvalue weighted by Gasteiger charge is -2.39. The Morgan fingerprint density at radius 3 is 2.15 bits per heavy atom. The highest BCUT2D eigenvalue weighted by Crippen LogP contribution is 2.54. The topological polar surface area (TPSA) is 166 Å². The third-order valence-electron chi connectivity index (χ3n) is 7.72. The molecule has 3 aliphatic rings. The fourth-order valence-electron chi connectivity index (χ4n) is 5.53.